The highest BCUT2D eigenvalue weighted by atomic mass is 16.2. The second-order valence-electron chi connectivity index (χ2n) is 19.4. The van der Waals surface area contributed by atoms with Gasteiger partial charge in [0.15, 0.2) is 0 Å². The van der Waals surface area contributed by atoms with Gasteiger partial charge in [-0.2, -0.15) is 0 Å². The highest BCUT2D eigenvalue weighted by Gasteiger charge is 2.37. The summed E-state index contributed by atoms with van der Waals surface area (Å²) in [7, 11) is 1.67. The molecule has 10 N–H and O–H groups in total. The molecule has 17 heteroatoms. The first kappa shape index (κ1) is 59.7. The van der Waals surface area contributed by atoms with Crippen molar-refractivity contribution in [2.24, 2.45) is 41.2 Å². The molecule has 7 atom stereocenters. The van der Waals surface area contributed by atoms with Crippen LogP contribution < -0.4 is 48.3 Å². The Morgan fingerprint density at radius 2 is 0.656 bits per heavy atom. The van der Waals surface area contributed by atoms with Gasteiger partial charge in [-0.05, 0) is 49.0 Å². The number of carbonyl (C=O) groups excluding carboxylic acids is 8. The van der Waals surface area contributed by atoms with Crippen LogP contribution in [0.1, 0.15) is 161 Å². The molecule has 64 heavy (non-hydrogen) atoms. The number of hydrogen-bond donors (Lipinski definition) is 9. The van der Waals surface area contributed by atoms with Crippen LogP contribution in [0.4, 0.5) is 0 Å². The Balaban J connectivity index is 5.71. The average Bonchev–Trinajstić information content (AvgIpc) is 3.19. The van der Waals surface area contributed by atoms with E-state index in [-0.39, 0.29) is 24.2 Å². The summed E-state index contributed by atoms with van der Waals surface area (Å²) < 4.78 is 0. The van der Waals surface area contributed by atoms with Crippen LogP contribution in [-0.4, -0.2) is 103 Å². The predicted octanol–water partition coefficient (Wildman–Crippen LogP) is 3.33. The first-order valence-electron chi connectivity index (χ1n) is 24.0. The van der Waals surface area contributed by atoms with Gasteiger partial charge in [0.1, 0.15) is 36.3 Å². The molecule has 0 aromatic rings. The molecule has 0 rings (SSSR count). The van der Waals surface area contributed by atoms with Crippen molar-refractivity contribution in [3.8, 4) is 0 Å². The van der Waals surface area contributed by atoms with Gasteiger partial charge in [0.2, 0.25) is 47.3 Å². The first-order valence-corrected chi connectivity index (χ1v) is 24.0. The zero-order valence-corrected chi connectivity index (χ0v) is 41.8. The number of rotatable bonds is 33. The van der Waals surface area contributed by atoms with Gasteiger partial charge >= 0.3 is 0 Å². The second-order valence-corrected chi connectivity index (χ2v) is 19.4. The molecule has 0 saturated carbocycles. The predicted molar refractivity (Wildman–Crippen MR) is 252 cm³/mol. The largest absolute Gasteiger partial charge is 0.368 e. The van der Waals surface area contributed by atoms with E-state index in [1.165, 1.54) is 38.5 Å². The van der Waals surface area contributed by atoms with E-state index in [4.69, 9.17) is 5.73 Å². The maximum Gasteiger partial charge on any atom is 0.243 e. The Hall–Kier alpha value is -4.28. The molecule has 0 heterocycles. The van der Waals surface area contributed by atoms with Gasteiger partial charge in [0.05, 0.1) is 12.5 Å². The van der Waals surface area contributed by atoms with Gasteiger partial charge in [-0.15, -0.1) is 0 Å². The maximum absolute atomic E-state index is 13.9. The molecule has 8 amide bonds. The highest BCUT2D eigenvalue weighted by molar-refractivity contribution is 5.98. The monoisotopic (exact) mass is 908 g/mol. The molecule has 0 aliphatic carbocycles. The number of hydrogen-bond acceptors (Lipinski definition) is 9. The van der Waals surface area contributed by atoms with E-state index in [1.54, 1.807) is 76.3 Å². The van der Waals surface area contributed by atoms with Gasteiger partial charge in [0, 0.05) is 6.54 Å². The van der Waals surface area contributed by atoms with Crippen LogP contribution in [0.25, 0.3) is 0 Å². The quantitative estimate of drug-likeness (QED) is 0.0437. The molecular weight excluding hydrogens is 819 g/mol. The van der Waals surface area contributed by atoms with E-state index in [0.717, 1.165) is 25.7 Å². The van der Waals surface area contributed by atoms with Crippen molar-refractivity contribution in [2.75, 3.05) is 13.6 Å². The number of nitrogens with two attached hydrogens (primary N) is 1. The number of amides is 8. The fraction of sp³-hybridized carbons (Fsp3) is 0.830. The van der Waals surface area contributed by atoms with Gasteiger partial charge in [0.25, 0.3) is 0 Å². The van der Waals surface area contributed by atoms with Crippen molar-refractivity contribution in [1.29, 1.82) is 0 Å². The van der Waals surface area contributed by atoms with Crippen molar-refractivity contribution < 1.29 is 38.4 Å². The number of carbonyl (C=O) groups is 8. The number of primary amides is 1. The molecule has 0 radical (unpaired) electrons. The Morgan fingerprint density at radius 3 is 0.922 bits per heavy atom. The summed E-state index contributed by atoms with van der Waals surface area (Å²) in [5, 5.41) is 22.1. The number of nitrogens with one attached hydrogen (secondary N) is 8. The normalized spacial score (nSPS) is 14.9. The SMILES string of the molecule is CCCCCCCCCCCCNC(=O)C[C@H](NC(=O)[C@@H](NC(=O)[C@@H](NC(=O)[C@@H](NC(=O)[C@@H](NC(=O)[C@@H](NC(=O)[C@@H](NC)C(C)C)C(C)C)C(C)C)C(C)C)C(C)C)C(C)C)C(N)=O. The molecule has 0 unspecified atom stereocenters. The lowest BCUT2D eigenvalue weighted by Gasteiger charge is -2.31. The van der Waals surface area contributed by atoms with E-state index in [0.29, 0.717) is 6.54 Å². The van der Waals surface area contributed by atoms with Crippen molar-refractivity contribution in [2.45, 2.75) is 203 Å². The molecule has 0 saturated heterocycles. The van der Waals surface area contributed by atoms with Crippen molar-refractivity contribution >= 4 is 47.3 Å². The van der Waals surface area contributed by atoms with Crippen LogP contribution in [0.5, 0.6) is 0 Å². The molecule has 0 bridgehead atoms. The third kappa shape index (κ3) is 22.6. The molecule has 0 spiro atoms. The van der Waals surface area contributed by atoms with Crippen molar-refractivity contribution in [1.82, 2.24) is 42.5 Å². The average molecular weight is 908 g/mol. The highest BCUT2D eigenvalue weighted by Crippen LogP contribution is 2.14. The maximum atomic E-state index is 13.9. The third-order valence-corrected chi connectivity index (χ3v) is 11.4. The minimum Gasteiger partial charge on any atom is -0.368 e. The Bertz CT molecular complexity index is 1470. The van der Waals surface area contributed by atoms with Gasteiger partial charge in [-0.3, -0.25) is 38.4 Å². The minimum atomic E-state index is -1.32. The third-order valence-electron chi connectivity index (χ3n) is 11.4. The van der Waals surface area contributed by atoms with Crippen LogP contribution in [0, 0.1) is 35.5 Å². The molecule has 17 nitrogen and oxygen atoms in total. The minimum absolute atomic E-state index is 0.0396. The lowest BCUT2D eigenvalue weighted by molar-refractivity contribution is -0.137. The van der Waals surface area contributed by atoms with Crippen molar-refractivity contribution in [3.05, 3.63) is 0 Å². The van der Waals surface area contributed by atoms with E-state index in [1.807, 2.05) is 13.8 Å². The topological polar surface area (TPSA) is 259 Å². The Kier molecular flexibility index (Phi) is 29.5. The molecule has 370 valence electrons. The van der Waals surface area contributed by atoms with E-state index >= 15 is 0 Å². The fourth-order valence-electron chi connectivity index (χ4n) is 7.24. The zero-order chi connectivity index (χ0) is 49.3. The van der Waals surface area contributed by atoms with Crippen LogP contribution in [-0.2, 0) is 38.4 Å². The lowest BCUT2D eigenvalue weighted by atomic mass is 9.96. The molecule has 0 aliphatic rings. The summed E-state index contributed by atoms with van der Waals surface area (Å²) in [5.74, 6) is -7.06. The van der Waals surface area contributed by atoms with E-state index < -0.39 is 107 Å². The van der Waals surface area contributed by atoms with Gasteiger partial charge < -0.3 is 48.3 Å². The second kappa shape index (κ2) is 31.6. The van der Waals surface area contributed by atoms with Gasteiger partial charge in [-0.1, -0.05) is 148 Å². The number of likely N-dealkylation sites (N-methyl/N-ethyl adjacent to an activating group) is 1. The van der Waals surface area contributed by atoms with Crippen LogP contribution in [0.2, 0.25) is 0 Å². The van der Waals surface area contributed by atoms with Crippen LogP contribution >= 0.6 is 0 Å². The van der Waals surface area contributed by atoms with E-state index in [9.17, 15) is 38.4 Å². The Labute approximate surface area is 385 Å². The summed E-state index contributed by atoms with van der Waals surface area (Å²) >= 11 is 0. The molecular formula is C47H89N9O8. The van der Waals surface area contributed by atoms with Crippen LogP contribution in [0.15, 0.2) is 0 Å². The summed E-state index contributed by atoms with van der Waals surface area (Å²) in [6, 6.07) is -7.29. The standard InChI is InChI=1S/C47H89N9O8/c1-15-16-17-18-19-20-21-22-23-24-25-50-34(57)26-33(41(48)58)51-43(60)36(28(4)5)53-45(62)38(30(8)9)55-47(64)40(32(12)13)56-46(63)39(31(10)11)54-44(61)37(29(6)7)52-42(59)35(49-14)27(2)3/h27-33,35-40,49H,15-26H2,1-14H3,(H2,48,58)(H,50,57)(H,51,60)(H,52,59)(H,53,62)(H,54,61)(H,55,64)(H,56,63)/t33-,35-,36-,37-,38-,39-,40-/m0/s1. The summed E-state index contributed by atoms with van der Waals surface area (Å²) in [4.78, 5) is 107. The molecule has 0 aromatic carbocycles. The molecule has 0 aromatic heterocycles. The summed E-state index contributed by atoms with van der Waals surface area (Å²) in [6.07, 6.45) is 11.2. The van der Waals surface area contributed by atoms with Crippen LogP contribution in [0.3, 0.4) is 0 Å². The Morgan fingerprint density at radius 1 is 0.391 bits per heavy atom. The van der Waals surface area contributed by atoms with Gasteiger partial charge in [-0.25, -0.2) is 0 Å². The smallest absolute Gasteiger partial charge is 0.243 e. The lowest BCUT2D eigenvalue weighted by Crippen LogP contribution is -2.63. The molecule has 0 aliphatic heterocycles. The summed E-state index contributed by atoms with van der Waals surface area (Å²) in [6.45, 7) is 23.7. The number of unbranched alkanes of at least 4 members (excludes halogenated alkanes) is 9. The first-order chi connectivity index (χ1) is 29.9. The zero-order valence-electron chi connectivity index (χ0n) is 41.8. The summed E-state index contributed by atoms with van der Waals surface area (Å²) in [5.41, 5.74) is 5.59. The molecule has 0 fully saturated rings. The van der Waals surface area contributed by atoms with Crippen molar-refractivity contribution in [3.63, 3.8) is 0 Å². The van der Waals surface area contributed by atoms with E-state index in [2.05, 4.69) is 49.5 Å². The fourth-order valence-corrected chi connectivity index (χ4v) is 7.24.